The first kappa shape index (κ1) is 10.2. The summed E-state index contributed by atoms with van der Waals surface area (Å²) in [7, 11) is 0. The number of nitrogens with zero attached hydrogens (tertiary/aromatic N) is 1. The van der Waals surface area contributed by atoms with Gasteiger partial charge >= 0.3 is 0 Å². The number of nitrogens with one attached hydrogen (secondary N) is 1. The number of anilines is 1. The van der Waals surface area contributed by atoms with Gasteiger partial charge in [0, 0.05) is 19.0 Å². The predicted molar refractivity (Wildman–Crippen MR) is 57.8 cm³/mol. The summed E-state index contributed by atoms with van der Waals surface area (Å²) in [6.07, 6.45) is 5.24. The van der Waals surface area contributed by atoms with Crippen LogP contribution in [0.5, 0.6) is 0 Å². The van der Waals surface area contributed by atoms with Crippen molar-refractivity contribution in [2.45, 2.75) is 25.8 Å². The molecule has 0 aliphatic carbocycles. The Morgan fingerprint density at radius 3 is 2.80 bits per heavy atom. The normalized spacial score (nSPS) is 17.7. The Kier molecular flexibility index (Phi) is 3.06. The summed E-state index contributed by atoms with van der Waals surface area (Å²) in [4.78, 5) is 13.4. The minimum absolute atomic E-state index is 0.0864. The molecule has 1 amide bonds. The van der Waals surface area contributed by atoms with Crippen molar-refractivity contribution in [1.29, 1.82) is 0 Å². The summed E-state index contributed by atoms with van der Waals surface area (Å²) in [5, 5.41) is 3.29. The van der Waals surface area contributed by atoms with Gasteiger partial charge in [-0.25, -0.2) is 0 Å². The van der Waals surface area contributed by atoms with Crippen LogP contribution in [0.1, 0.15) is 19.8 Å². The van der Waals surface area contributed by atoms with Crippen LogP contribution in [-0.4, -0.2) is 25.0 Å². The molecule has 0 saturated carbocycles. The Labute approximate surface area is 89.2 Å². The average molecular weight is 208 g/mol. The van der Waals surface area contributed by atoms with Crippen molar-refractivity contribution >= 4 is 11.6 Å². The fourth-order valence-corrected chi connectivity index (χ4v) is 2.11. The molecule has 1 aromatic rings. The number of amides is 1. The molecule has 0 aromatic carbocycles. The summed E-state index contributed by atoms with van der Waals surface area (Å²) in [5.74, 6) is 0.0864. The van der Waals surface area contributed by atoms with Crippen molar-refractivity contribution < 1.29 is 9.21 Å². The number of hydrogen-bond donors (Lipinski definition) is 1. The summed E-state index contributed by atoms with van der Waals surface area (Å²) >= 11 is 0. The second kappa shape index (κ2) is 4.49. The van der Waals surface area contributed by atoms with Crippen LogP contribution in [0.4, 0.5) is 5.69 Å². The summed E-state index contributed by atoms with van der Waals surface area (Å²) in [6, 6.07) is 2.14. The molecule has 1 N–H and O–H groups in total. The predicted octanol–water partition coefficient (Wildman–Crippen LogP) is 1.38. The topological polar surface area (TPSA) is 45.5 Å². The first-order valence-corrected chi connectivity index (χ1v) is 5.32. The zero-order valence-electron chi connectivity index (χ0n) is 8.90. The molecule has 1 saturated heterocycles. The van der Waals surface area contributed by atoms with Crippen LogP contribution in [0.2, 0.25) is 0 Å². The summed E-state index contributed by atoms with van der Waals surface area (Å²) < 4.78 is 5.03. The second-order valence-electron chi connectivity index (χ2n) is 3.85. The molecule has 1 aromatic heterocycles. The van der Waals surface area contributed by atoms with Gasteiger partial charge in [-0.1, -0.05) is 0 Å². The highest BCUT2D eigenvalue weighted by Gasteiger charge is 2.24. The van der Waals surface area contributed by atoms with Gasteiger partial charge in [-0.3, -0.25) is 4.79 Å². The van der Waals surface area contributed by atoms with Gasteiger partial charge in [0.1, 0.15) is 6.26 Å². The van der Waals surface area contributed by atoms with Crippen LogP contribution in [-0.2, 0) is 4.79 Å². The summed E-state index contributed by atoms with van der Waals surface area (Å²) in [6.45, 7) is 3.56. The van der Waals surface area contributed by atoms with Gasteiger partial charge in [-0.2, -0.15) is 0 Å². The standard InChI is InChI=1S/C11H16N2O2/c1-9(14)13(11-4-7-15-8-11)10-2-5-12-6-3-10/h4,7-8,10,12H,2-3,5-6H2,1H3. The van der Waals surface area contributed by atoms with E-state index in [0.717, 1.165) is 31.6 Å². The van der Waals surface area contributed by atoms with Crippen LogP contribution in [0, 0.1) is 0 Å². The van der Waals surface area contributed by atoms with Crippen molar-refractivity contribution in [3.63, 3.8) is 0 Å². The Hall–Kier alpha value is -1.29. The molecule has 15 heavy (non-hydrogen) atoms. The molecular weight excluding hydrogens is 192 g/mol. The SMILES string of the molecule is CC(=O)N(c1ccoc1)C1CCNCC1. The van der Waals surface area contributed by atoms with Crippen LogP contribution in [0.3, 0.4) is 0 Å². The average Bonchev–Trinajstić information content (AvgIpc) is 2.72. The lowest BCUT2D eigenvalue weighted by Gasteiger charge is -2.32. The number of rotatable bonds is 2. The zero-order valence-corrected chi connectivity index (χ0v) is 8.90. The third kappa shape index (κ3) is 2.21. The Morgan fingerprint density at radius 2 is 2.27 bits per heavy atom. The Bertz CT molecular complexity index is 315. The van der Waals surface area contributed by atoms with Gasteiger partial charge in [0.15, 0.2) is 0 Å². The smallest absolute Gasteiger partial charge is 0.224 e. The van der Waals surface area contributed by atoms with E-state index < -0.39 is 0 Å². The number of carbonyl (C=O) groups excluding carboxylic acids is 1. The van der Waals surface area contributed by atoms with Crippen molar-refractivity contribution in [3.05, 3.63) is 18.6 Å². The molecule has 0 radical (unpaired) electrons. The largest absolute Gasteiger partial charge is 0.470 e. The molecule has 2 heterocycles. The number of piperidine rings is 1. The molecule has 1 aliphatic rings. The molecule has 1 fully saturated rings. The van der Waals surface area contributed by atoms with Crippen molar-refractivity contribution in [2.24, 2.45) is 0 Å². The van der Waals surface area contributed by atoms with Crippen LogP contribution < -0.4 is 10.2 Å². The lowest BCUT2D eigenvalue weighted by molar-refractivity contribution is -0.117. The van der Waals surface area contributed by atoms with Gasteiger partial charge in [-0.15, -0.1) is 0 Å². The third-order valence-corrected chi connectivity index (χ3v) is 2.80. The molecule has 0 spiro atoms. The highest BCUT2D eigenvalue weighted by molar-refractivity contribution is 5.91. The Balaban J connectivity index is 2.15. The maximum atomic E-state index is 11.6. The molecule has 0 unspecified atom stereocenters. The summed E-state index contributed by atoms with van der Waals surface area (Å²) in [5.41, 5.74) is 0.870. The Morgan fingerprint density at radius 1 is 1.53 bits per heavy atom. The van der Waals surface area contributed by atoms with E-state index in [1.54, 1.807) is 19.5 Å². The molecule has 0 atom stereocenters. The fraction of sp³-hybridized carbons (Fsp3) is 0.545. The number of carbonyl (C=O) groups is 1. The molecular formula is C11H16N2O2. The van der Waals surface area contributed by atoms with E-state index in [2.05, 4.69) is 5.32 Å². The van der Waals surface area contributed by atoms with E-state index >= 15 is 0 Å². The lowest BCUT2D eigenvalue weighted by Crippen LogP contribution is -2.45. The molecule has 4 nitrogen and oxygen atoms in total. The van der Waals surface area contributed by atoms with E-state index in [4.69, 9.17) is 4.42 Å². The minimum atomic E-state index is 0.0864. The van der Waals surface area contributed by atoms with Crippen molar-refractivity contribution in [3.8, 4) is 0 Å². The lowest BCUT2D eigenvalue weighted by atomic mass is 10.0. The molecule has 4 heteroatoms. The molecule has 82 valence electrons. The molecule has 1 aliphatic heterocycles. The first-order valence-electron chi connectivity index (χ1n) is 5.32. The van der Waals surface area contributed by atoms with E-state index in [9.17, 15) is 4.79 Å². The van der Waals surface area contributed by atoms with Crippen LogP contribution >= 0.6 is 0 Å². The van der Waals surface area contributed by atoms with E-state index in [1.165, 1.54) is 0 Å². The van der Waals surface area contributed by atoms with Gasteiger partial charge in [0.25, 0.3) is 0 Å². The van der Waals surface area contributed by atoms with Gasteiger partial charge in [0.05, 0.1) is 12.0 Å². The van der Waals surface area contributed by atoms with Gasteiger partial charge in [0.2, 0.25) is 5.91 Å². The minimum Gasteiger partial charge on any atom is -0.470 e. The van der Waals surface area contributed by atoms with Gasteiger partial charge < -0.3 is 14.6 Å². The van der Waals surface area contributed by atoms with E-state index in [-0.39, 0.29) is 5.91 Å². The third-order valence-electron chi connectivity index (χ3n) is 2.80. The molecule has 0 bridgehead atoms. The maximum absolute atomic E-state index is 11.6. The number of furan rings is 1. The van der Waals surface area contributed by atoms with Gasteiger partial charge in [-0.05, 0) is 25.9 Å². The van der Waals surface area contributed by atoms with Crippen LogP contribution in [0.15, 0.2) is 23.0 Å². The highest BCUT2D eigenvalue weighted by Crippen LogP contribution is 2.22. The maximum Gasteiger partial charge on any atom is 0.224 e. The zero-order chi connectivity index (χ0) is 10.7. The molecule has 2 rings (SSSR count). The van der Waals surface area contributed by atoms with E-state index in [0.29, 0.717) is 6.04 Å². The quantitative estimate of drug-likeness (QED) is 0.798. The monoisotopic (exact) mass is 208 g/mol. The van der Waals surface area contributed by atoms with Crippen molar-refractivity contribution in [2.75, 3.05) is 18.0 Å². The number of hydrogen-bond acceptors (Lipinski definition) is 3. The second-order valence-corrected chi connectivity index (χ2v) is 3.85. The highest BCUT2D eigenvalue weighted by atomic mass is 16.3. The fourth-order valence-electron chi connectivity index (χ4n) is 2.11. The van der Waals surface area contributed by atoms with E-state index in [1.807, 2.05) is 11.0 Å². The first-order chi connectivity index (χ1) is 7.29. The van der Waals surface area contributed by atoms with Crippen molar-refractivity contribution in [1.82, 2.24) is 5.32 Å². The van der Waals surface area contributed by atoms with Crippen LogP contribution in [0.25, 0.3) is 0 Å².